The fourth-order valence-corrected chi connectivity index (χ4v) is 2.36. The van der Waals surface area contributed by atoms with E-state index >= 15 is 0 Å². The van der Waals surface area contributed by atoms with Crippen LogP contribution in [0, 0.1) is 5.92 Å². The van der Waals surface area contributed by atoms with Gasteiger partial charge in [-0.1, -0.05) is 39.0 Å². The minimum Gasteiger partial charge on any atom is -0.390 e. The predicted molar refractivity (Wildman–Crippen MR) is 62.9 cm³/mol. The fraction of sp³-hybridized carbons (Fsp3) is 1.00. The van der Waals surface area contributed by atoms with Gasteiger partial charge in [-0.25, -0.2) is 0 Å². The molecule has 0 aromatic carbocycles. The average molecular weight is 214 g/mol. The second kappa shape index (κ2) is 8.12. The Morgan fingerprint density at radius 2 is 1.73 bits per heavy atom. The lowest BCUT2D eigenvalue weighted by Crippen LogP contribution is -2.26. The Hall–Kier alpha value is -0.0800. The van der Waals surface area contributed by atoms with E-state index in [0.29, 0.717) is 12.5 Å². The molecule has 2 nitrogen and oxygen atoms in total. The Balaban J connectivity index is 2.19. The molecular weight excluding hydrogens is 188 g/mol. The van der Waals surface area contributed by atoms with Gasteiger partial charge in [-0.2, -0.15) is 0 Å². The van der Waals surface area contributed by atoms with Crippen LogP contribution in [0.5, 0.6) is 0 Å². The molecule has 90 valence electrons. The zero-order chi connectivity index (χ0) is 10.9. The van der Waals surface area contributed by atoms with Crippen LogP contribution in [0.4, 0.5) is 0 Å². The maximum atomic E-state index is 9.99. The van der Waals surface area contributed by atoms with Gasteiger partial charge in [0, 0.05) is 6.61 Å². The van der Waals surface area contributed by atoms with Crippen LogP contribution in [0.25, 0.3) is 0 Å². The topological polar surface area (TPSA) is 29.5 Å². The van der Waals surface area contributed by atoms with E-state index in [9.17, 15) is 5.11 Å². The van der Waals surface area contributed by atoms with Crippen LogP contribution >= 0.6 is 0 Å². The highest BCUT2D eigenvalue weighted by Crippen LogP contribution is 2.25. The van der Waals surface area contributed by atoms with E-state index in [1.54, 1.807) is 0 Å². The molecule has 0 aromatic heterocycles. The van der Waals surface area contributed by atoms with Crippen molar-refractivity contribution in [3.63, 3.8) is 0 Å². The maximum absolute atomic E-state index is 9.99. The second-order valence-electron chi connectivity index (χ2n) is 4.75. The minimum absolute atomic E-state index is 0.227. The summed E-state index contributed by atoms with van der Waals surface area (Å²) in [6.07, 6.45) is 9.85. The van der Waals surface area contributed by atoms with E-state index in [2.05, 4.69) is 6.92 Å². The van der Waals surface area contributed by atoms with E-state index in [1.165, 1.54) is 44.9 Å². The van der Waals surface area contributed by atoms with Gasteiger partial charge in [0.25, 0.3) is 0 Å². The predicted octanol–water partition coefficient (Wildman–Crippen LogP) is 3.13. The summed E-state index contributed by atoms with van der Waals surface area (Å²) in [6.45, 7) is 3.42. The average Bonchev–Trinajstić information content (AvgIpc) is 2.17. The van der Waals surface area contributed by atoms with Crippen molar-refractivity contribution < 1.29 is 9.84 Å². The molecule has 15 heavy (non-hydrogen) atoms. The van der Waals surface area contributed by atoms with Crippen molar-refractivity contribution >= 4 is 0 Å². The largest absolute Gasteiger partial charge is 0.390 e. The first kappa shape index (κ1) is 13.0. The summed E-state index contributed by atoms with van der Waals surface area (Å²) < 4.78 is 5.42. The van der Waals surface area contributed by atoms with Crippen LogP contribution in [-0.2, 0) is 4.74 Å². The second-order valence-corrected chi connectivity index (χ2v) is 4.75. The zero-order valence-corrected chi connectivity index (χ0v) is 10.1. The lowest BCUT2D eigenvalue weighted by Gasteiger charge is -2.24. The molecule has 1 atom stereocenters. The summed E-state index contributed by atoms with van der Waals surface area (Å²) in [5.74, 6) is 0.488. The monoisotopic (exact) mass is 214 g/mol. The van der Waals surface area contributed by atoms with Crippen molar-refractivity contribution in [2.45, 2.75) is 64.4 Å². The Morgan fingerprint density at radius 1 is 1.13 bits per heavy atom. The van der Waals surface area contributed by atoms with E-state index < -0.39 is 0 Å². The van der Waals surface area contributed by atoms with E-state index in [1.807, 2.05) is 0 Å². The Kier molecular flexibility index (Phi) is 7.03. The van der Waals surface area contributed by atoms with Gasteiger partial charge in [-0.3, -0.25) is 0 Å². The van der Waals surface area contributed by atoms with Crippen molar-refractivity contribution in [1.82, 2.24) is 0 Å². The third-order valence-corrected chi connectivity index (χ3v) is 3.33. The molecule has 1 saturated carbocycles. The molecule has 0 aromatic rings. The van der Waals surface area contributed by atoms with Gasteiger partial charge in [0.05, 0.1) is 12.7 Å². The lowest BCUT2D eigenvalue weighted by atomic mass is 9.87. The molecule has 0 aliphatic heterocycles. The Labute approximate surface area is 94.0 Å². The van der Waals surface area contributed by atoms with Crippen LogP contribution in [0.3, 0.4) is 0 Å². The number of hydrogen-bond donors (Lipinski definition) is 1. The number of ether oxygens (including phenoxy) is 1. The van der Waals surface area contributed by atoms with Gasteiger partial charge in [0.1, 0.15) is 0 Å². The summed E-state index contributed by atoms with van der Waals surface area (Å²) in [6, 6.07) is 0. The molecule has 0 spiro atoms. The molecule has 1 rings (SSSR count). The first-order valence-corrected chi connectivity index (χ1v) is 6.60. The minimum atomic E-state index is -0.227. The van der Waals surface area contributed by atoms with Crippen molar-refractivity contribution in [3.05, 3.63) is 0 Å². The fourth-order valence-electron chi connectivity index (χ4n) is 2.36. The van der Waals surface area contributed by atoms with Gasteiger partial charge in [0.2, 0.25) is 0 Å². The number of aliphatic hydroxyl groups excluding tert-OH is 1. The lowest BCUT2D eigenvalue weighted by molar-refractivity contribution is -0.00174. The van der Waals surface area contributed by atoms with Gasteiger partial charge < -0.3 is 9.84 Å². The van der Waals surface area contributed by atoms with Crippen LogP contribution in [-0.4, -0.2) is 24.4 Å². The highest BCUT2D eigenvalue weighted by atomic mass is 16.5. The molecular formula is C13H26O2. The van der Waals surface area contributed by atoms with Gasteiger partial charge in [-0.15, -0.1) is 0 Å². The molecule has 1 N–H and O–H groups in total. The first-order valence-electron chi connectivity index (χ1n) is 6.60. The summed E-state index contributed by atoms with van der Waals surface area (Å²) in [4.78, 5) is 0. The van der Waals surface area contributed by atoms with Crippen LogP contribution in [0.2, 0.25) is 0 Å². The number of rotatable bonds is 5. The summed E-state index contributed by atoms with van der Waals surface area (Å²) in [5, 5.41) is 9.99. The van der Waals surface area contributed by atoms with Gasteiger partial charge >= 0.3 is 0 Å². The van der Waals surface area contributed by atoms with Crippen LogP contribution in [0.1, 0.15) is 58.3 Å². The van der Waals surface area contributed by atoms with Crippen molar-refractivity contribution in [2.24, 2.45) is 5.92 Å². The highest BCUT2D eigenvalue weighted by Gasteiger charge is 2.19. The van der Waals surface area contributed by atoms with Crippen LogP contribution in [0.15, 0.2) is 0 Å². The smallest absolute Gasteiger partial charge is 0.0801 e. The third kappa shape index (κ3) is 5.53. The molecule has 0 heterocycles. The van der Waals surface area contributed by atoms with Gasteiger partial charge in [-0.05, 0) is 25.2 Å². The number of hydrogen-bond acceptors (Lipinski definition) is 2. The summed E-state index contributed by atoms with van der Waals surface area (Å²) >= 11 is 0. The molecule has 0 amide bonds. The normalized spacial score (nSPS) is 22.0. The Bertz CT molecular complexity index is 139. The quantitative estimate of drug-likeness (QED) is 0.712. The van der Waals surface area contributed by atoms with Crippen molar-refractivity contribution in [3.8, 4) is 0 Å². The third-order valence-electron chi connectivity index (χ3n) is 3.33. The number of aliphatic hydroxyl groups is 1. The maximum Gasteiger partial charge on any atom is 0.0801 e. The molecule has 0 saturated heterocycles. The first-order chi connectivity index (χ1) is 7.34. The van der Waals surface area contributed by atoms with E-state index in [4.69, 9.17) is 4.74 Å². The van der Waals surface area contributed by atoms with Crippen LogP contribution < -0.4 is 0 Å². The molecule has 0 radical (unpaired) electrons. The van der Waals surface area contributed by atoms with E-state index in [0.717, 1.165) is 13.0 Å². The zero-order valence-electron chi connectivity index (χ0n) is 10.1. The summed E-state index contributed by atoms with van der Waals surface area (Å²) in [7, 11) is 0. The van der Waals surface area contributed by atoms with Crippen molar-refractivity contribution in [2.75, 3.05) is 13.2 Å². The molecule has 0 bridgehead atoms. The molecule has 2 heteroatoms. The van der Waals surface area contributed by atoms with E-state index in [-0.39, 0.29) is 6.10 Å². The summed E-state index contributed by atoms with van der Waals surface area (Å²) in [5.41, 5.74) is 0. The van der Waals surface area contributed by atoms with Gasteiger partial charge in [0.15, 0.2) is 0 Å². The molecule has 1 unspecified atom stereocenters. The molecule has 1 aliphatic rings. The molecule has 1 aliphatic carbocycles. The standard InChI is InChI=1S/C13H26O2/c1-2-10-15-11-13(14)12-8-6-4-3-5-7-9-12/h12-14H,2-11H2,1H3. The highest BCUT2D eigenvalue weighted by molar-refractivity contribution is 4.71. The SMILES string of the molecule is CCCOCC(O)C1CCCCCCC1. The Morgan fingerprint density at radius 3 is 2.33 bits per heavy atom. The molecule has 1 fully saturated rings. The van der Waals surface area contributed by atoms with Crippen molar-refractivity contribution in [1.29, 1.82) is 0 Å².